The number of carbonyl (C=O) groups is 1. The van der Waals surface area contributed by atoms with Crippen molar-refractivity contribution in [2.45, 2.75) is 50.9 Å². The normalized spacial score (nSPS) is 19.7. The summed E-state index contributed by atoms with van der Waals surface area (Å²) in [6.45, 7) is 4.00. The number of nitrogens with zero attached hydrogens (tertiary/aromatic N) is 1. The molecule has 1 saturated heterocycles. The molecule has 1 aliphatic heterocycles. The Morgan fingerprint density at radius 2 is 1.81 bits per heavy atom. The molecule has 0 radical (unpaired) electrons. The lowest BCUT2D eigenvalue weighted by Crippen LogP contribution is -2.33. The molecule has 1 heterocycles. The van der Waals surface area contributed by atoms with Gasteiger partial charge < -0.3 is 10.1 Å². The van der Waals surface area contributed by atoms with Gasteiger partial charge in [0, 0.05) is 17.8 Å². The van der Waals surface area contributed by atoms with Crippen LogP contribution in [0.3, 0.4) is 0 Å². The maximum atomic E-state index is 12.9. The maximum Gasteiger partial charge on any atom is 0.255 e. The van der Waals surface area contributed by atoms with E-state index in [1.165, 1.54) is 37.9 Å². The predicted molar refractivity (Wildman–Crippen MR) is 130 cm³/mol. The highest BCUT2D eigenvalue weighted by molar-refractivity contribution is 7.80. The predicted octanol–water partition coefficient (Wildman–Crippen LogP) is 5.83. The van der Waals surface area contributed by atoms with Crippen LogP contribution in [0.2, 0.25) is 0 Å². The molecule has 2 aromatic carbocycles. The van der Waals surface area contributed by atoms with Crippen molar-refractivity contribution in [1.82, 2.24) is 4.90 Å². The third-order valence-corrected chi connectivity index (χ3v) is 6.74. The molecule has 1 saturated carbocycles. The third kappa shape index (κ3) is 6.14. The Hall–Kier alpha value is -2.24. The Labute approximate surface area is 191 Å². The number of piperidine rings is 1. The zero-order valence-corrected chi connectivity index (χ0v) is 19.0. The summed E-state index contributed by atoms with van der Waals surface area (Å²) in [4.78, 5) is 16.5. The van der Waals surface area contributed by atoms with Crippen LogP contribution in [-0.4, -0.2) is 41.9 Å². The van der Waals surface area contributed by atoms with Crippen LogP contribution < -0.4 is 10.1 Å². The van der Waals surface area contributed by atoms with E-state index in [1.54, 1.807) is 0 Å². The topological polar surface area (TPSA) is 41.6 Å². The van der Waals surface area contributed by atoms with Crippen molar-refractivity contribution in [1.29, 1.82) is 0 Å². The van der Waals surface area contributed by atoms with Crippen LogP contribution in [0.1, 0.15) is 66.8 Å². The highest BCUT2D eigenvalue weighted by Gasteiger charge is 2.22. The summed E-state index contributed by atoms with van der Waals surface area (Å²) >= 11 is 5.47. The fourth-order valence-electron chi connectivity index (χ4n) is 4.63. The fourth-order valence-corrected chi connectivity index (χ4v) is 4.98. The van der Waals surface area contributed by atoms with Gasteiger partial charge in [0.25, 0.3) is 5.91 Å². The van der Waals surface area contributed by atoms with Crippen molar-refractivity contribution in [2.24, 2.45) is 0 Å². The number of likely N-dealkylation sites (tertiary alicyclic amines) is 1. The average Bonchev–Trinajstić information content (AvgIpc) is 2.80. The van der Waals surface area contributed by atoms with Crippen molar-refractivity contribution in [2.75, 3.05) is 31.6 Å². The molecule has 2 fully saturated rings. The van der Waals surface area contributed by atoms with Crippen LogP contribution in [0.5, 0.6) is 5.75 Å². The van der Waals surface area contributed by atoms with E-state index in [-0.39, 0.29) is 5.91 Å². The molecular weight excluding hydrogens is 404 g/mol. The second-order valence-corrected chi connectivity index (χ2v) is 9.23. The van der Waals surface area contributed by atoms with Crippen molar-refractivity contribution < 1.29 is 9.53 Å². The molecule has 2 aliphatic rings. The molecule has 1 aliphatic carbocycles. The van der Waals surface area contributed by atoms with E-state index in [2.05, 4.69) is 16.3 Å². The molecule has 4 nitrogen and oxygen atoms in total. The SMILES string of the molecule is O=C(Nc1ccccc1C1CCCC(=S)C1)c1ccc(OCCN2CCCCC2)cc1. The summed E-state index contributed by atoms with van der Waals surface area (Å²) < 4.78 is 5.88. The molecule has 1 atom stereocenters. The Bertz CT molecular complexity index is 891. The lowest BCUT2D eigenvalue weighted by atomic mass is 9.83. The Morgan fingerprint density at radius 3 is 2.58 bits per heavy atom. The number of nitrogens with one attached hydrogen (secondary N) is 1. The largest absolute Gasteiger partial charge is 0.492 e. The summed E-state index contributed by atoms with van der Waals surface area (Å²) in [7, 11) is 0. The van der Waals surface area contributed by atoms with Gasteiger partial charge in [-0.1, -0.05) is 36.8 Å². The Balaban J connectivity index is 1.33. The molecule has 31 heavy (non-hydrogen) atoms. The van der Waals surface area contributed by atoms with Gasteiger partial charge in [0.1, 0.15) is 12.4 Å². The minimum atomic E-state index is -0.0919. The molecule has 0 aromatic heterocycles. The molecule has 1 amide bonds. The van der Waals surface area contributed by atoms with E-state index in [1.807, 2.05) is 42.5 Å². The number of benzene rings is 2. The van der Waals surface area contributed by atoms with Crippen LogP contribution in [0, 0.1) is 0 Å². The summed E-state index contributed by atoms with van der Waals surface area (Å²) in [5.74, 6) is 1.11. The number of ether oxygens (including phenoxy) is 1. The second-order valence-electron chi connectivity index (χ2n) is 8.65. The molecule has 2 aromatic rings. The van der Waals surface area contributed by atoms with E-state index in [9.17, 15) is 4.79 Å². The number of amides is 1. The number of hydrogen-bond donors (Lipinski definition) is 1. The monoisotopic (exact) mass is 436 g/mol. The van der Waals surface area contributed by atoms with E-state index in [0.29, 0.717) is 18.1 Å². The van der Waals surface area contributed by atoms with Crippen LogP contribution in [0.25, 0.3) is 0 Å². The summed E-state index contributed by atoms with van der Waals surface area (Å²) in [6, 6.07) is 15.6. The first-order valence-corrected chi connectivity index (χ1v) is 12.0. The number of thiocarbonyl (C=S) groups is 1. The molecule has 1 N–H and O–H groups in total. The van der Waals surface area contributed by atoms with Crippen LogP contribution in [-0.2, 0) is 0 Å². The number of hydrogen-bond acceptors (Lipinski definition) is 4. The molecule has 164 valence electrons. The van der Waals surface area contributed by atoms with Crippen molar-refractivity contribution in [3.05, 3.63) is 59.7 Å². The zero-order valence-electron chi connectivity index (χ0n) is 18.1. The zero-order chi connectivity index (χ0) is 21.5. The quantitative estimate of drug-likeness (QED) is 0.555. The number of para-hydroxylation sites is 1. The molecule has 4 rings (SSSR count). The number of anilines is 1. The van der Waals surface area contributed by atoms with Gasteiger partial charge in [0.05, 0.1) is 0 Å². The van der Waals surface area contributed by atoms with Crippen molar-refractivity contribution in [3.8, 4) is 5.75 Å². The lowest BCUT2D eigenvalue weighted by Gasteiger charge is -2.26. The fraction of sp³-hybridized carbons (Fsp3) is 0.462. The summed E-state index contributed by atoms with van der Waals surface area (Å²) in [5, 5.41) is 3.11. The van der Waals surface area contributed by atoms with Gasteiger partial charge in [-0.2, -0.15) is 0 Å². The lowest BCUT2D eigenvalue weighted by molar-refractivity contribution is 0.102. The first-order valence-electron chi connectivity index (χ1n) is 11.6. The number of rotatable bonds is 7. The van der Waals surface area contributed by atoms with Gasteiger partial charge in [0.2, 0.25) is 0 Å². The molecule has 0 bridgehead atoms. The Kier molecular flexibility index (Phi) is 7.71. The number of carbonyl (C=O) groups excluding carboxylic acids is 1. The highest BCUT2D eigenvalue weighted by Crippen LogP contribution is 2.35. The second kappa shape index (κ2) is 10.9. The van der Waals surface area contributed by atoms with E-state index in [0.717, 1.165) is 48.5 Å². The van der Waals surface area contributed by atoms with Crippen LogP contribution in [0.4, 0.5) is 5.69 Å². The van der Waals surface area contributed by atoms with Gasteiger partial charge >= 0.3 is 0 Å². The minimum Gasteiger partial charge on any atom is -0.492 e. The third-order valence-electron chi connectivity index (χ3n) is 6.37. The van der Waals surface area contributed by atoms with Crippen molar-refractivity contribution in [3.63, 3.8) is 0 Å². The van der Waals surface area contributed by atoms with Gasteiger partial charge in [-0.3, -0.25) is 9.69 Å². The minimum absolute atomic E-state index is 0.0919. The van der Waals surface area contributed by atoms with Gasteiger partial charge in [-0.25, -0.2) is 0 Å². The molecule has 0 spiro atoms. The summed E-state index contributed by atoms with van der Waals surface area (Å²) in [6.07, 6.45) is 8.17. The van der Waals surface area contributed by atoms with Crippen LogP contribution >= 0.6 is 12.2 Å². The maximum absolute atomic E-state index is 12.9. The Morgan fingerprint density at radius 1 is 1.03 bits per heavy atom. The first kappa shape index (κ1) is 22.0. The van der Waals surface area contributed by atoms with Gasteiger partial charge in [-0.05, 0) is 98.3 Å². The van der Waals surface area contributed by atoms with Crippen molar-refractivity contribution >= 4 is 28.7 Å². The summed E-state index contributed by atoms with van der Waals surface area (Å²) in [5.41, 5.74) is 2.72. The van der Waals surface area contributed by atoms with Gasteiger partial charge in [-0.15, -0.1) is 0 Å². The highest BCUT2D eigenvalue weighted by atomic mass is 32.1. The molecule has 5 heteroatoms. The first-order chi connectivity index (χ1) is 15.2. The average molecular weight is 437 g/mol. The van der Waals surface area contributed by atoms with Gasteiger partial charge in [0.15, 0.2) is 0 Å². The van der Waals surface area contributed by atoms with E-state index < -0.39 is 0 Å². The molecule has 1 unspecified atom stereocenters. The van der Waals surface area contributed by atoms with Crippen LogP contribution in [0.15, 0.2) is 48.5 Å². The smallest absolute Gasteiger partial charge is 0.255 e. The van der Waals surface area contributed by atoms with E-state index in [4.69, 9.17) is 17.0 Å². The standard InChI is InChI=1S/C26H32N2O2S/c29-26(27-25-10-3-2-9-24(25)21-7-6-8-23(31)19-21)20-11-13-22(14-12-20)30-18-17-28-15-4-1-5-16-28/h2-3,9-14,21H,1,4-8,15-19H2,(H,27,29). The van der Waals surface area contributed by atoms with E-state index >= 15 is 0 Å². The molecular formula is C26H32N2O2S.